The van der Waals surface area contributed by atoms with E-state index in [1.54, 1.807) is 11.0 Å². The molecule has 7 rings (SSSR count). The number of benzene rings is 2. The molecule has 9 heteroatoms. The van der Waals surface area contributed by atoms with Gasteiger partial charge in [-0.1, -0.05) is 30.3 Å². The molecule has 1 N–H and O–H groups in total. The van der Waals surface area contributed by atoms with E-state index in [1.165, 1.54) is 6.33 Å². The van der Waals surface area contributed by atoms with Crippen molar-refractivity contribution in [3.05, 3.63) is 97.5 Å². The molecule has 0 aliphatic heterocycles. The fraction of sp³-hybridized carbons (Fsp3) is 0.0385. The number of aryl methyl sites for hydroxylation is 1. The molecule has 0 aliphatic rings. The van der Waals surface area contributed by atoms with Crippen molar-refractivity contribution in [2.75, 3.05) is 0 Å². The third-order valence-corrected chi connectivity index (χ3v) is 6.10. The lowest BCUT2D eigenvalue weighted by molar-refractivity contribution is 0.760. The molecule has 5 aromatic heterocycles. The quantitative estimate of drug-likeness (QED) is 0.416. The van der Waals surface area contributed by atoms with Gasteiger partial charge in [0.1, 0.15) is 12.7 Å². The number of rotatable bonds is 4. The Balaban J connectivity index is 1.63. The second-order valence-corrected chi connectivity index (χ2v) is 8.23. The number of nitrogens with zero attached hydrogens (tertiary/aromatic N) is 8. The Morgan fingerprint density at radius 2 is 1.77 bits per heavy atom. The number of H-pyrrole nitrogens is 1. The van der Waals surface area contributed by atoms with E-state index in [4.69, 9.17) is 15.1 Å². The zero-order valence-corrected chi connectivity index (χ0v) is 18.7. The van der Waals surface area contributed by atoms with Crippen LogP contribution in [-0.2, 0) is 0 Å². The van der Waals surface area contributed by atoms with Crippen LogP contribution in [0.25, 0.3) is 50.8 Å². The van der Waals surface area contributed by atoms with Gasteiger partial charge in [0.15, 0.2) is 5.82 Å². The number of nitrogens with one attached hydrogen (secondary N) is 1. The third kappa shape index (κ3) is 2.98. The highest BCUT2D eigenvalue weighted by Gasteiger charge is 2.24. The zero-order chi connectivity index (χ0) is 23.4. The first-order chi connectivity index (χ1) is 17.3. The summed E-state index contributed by atoms with van der Waals surface area (Å²) < 4.78 is 5.75. The lowest BCUT2D eigenvalue weighted by Gasteiger charge is -2.12. The molecule has 9 nitrogen and oxygen atoms in total. The van der Waals surface area contributed by atoms with Crippen molar-refractivity contribution in [1.29, 1.82) is 0 Å². The molecular weight excluding hydrogens is 438 g/mol. The van der Waals surface area contributed by atoms with Gasteiger partial charge in [0, 0.05) is 18.0 Å². The molecule has 168 valence electrons. The van der Waals surface area contributed by atoms with Crippen LogP contribution in [0.1, 0.15) is 5.69 Å². The minimum Gasteiger partial charge on any atom is -0.367 e. The van der Waals surface area contributed by atoms with Crippen molar-refractivity contribution in [2.24, 2.45) is 0 Å². The summed E-state index contributed by atoms with van der Waals surface area (Å²) in [5, 5.41) is 9.42. The lowest BCUT2D eigenvalue weighted by Crippen LogP contribution is -2.08. The van der Waals surface area contributed by atoms with Crippen LogP contribution in [0.3, 0.4) is 0 Å². The van der Waals surface area contributed by atoms with Gasteiger partial charge in [-0.25, -0.2) is 24.3 Å². The topological polar surface area (TPSA) is 94.5 Å². The summed E-state index contributed by atoms with van der Waals surface area (Å²) in [5.74, 6) is 1.41. The summed E-state index contributed by atoms with van der Waals surface area (Å²) in [5.41, 5.74) is 7.28. The van der Waals surface area contributed by atoms with Crippen LogP contribution in [0.15, 0.2) is 91.8 Å². The van der Waals surface area contributed by atoms with Crippen LogP contribution in [0.2, 0.25) is 0 Å². The molecule has 0 unspecified atom stereocenters. The van der Waals surface area contributed by atoms with E-state index in [0.29, 0.717) is 5.78 Å². The van der Waals surface area contributed by atoms with Crippen molar-refractivity contribution >= 4 is 16.8 Å². The smallest absolute Gasteiger partial charge is 0.235 e. The monoisotopic (exact) mass is 457 g/mol. The number of aromatic nitrogens is 9. The Bertz CT molecular complexity index is 1790. The van der Waals surface area contributed by atoms with Crippen LogP contribution in [0.5, 0.6) is 0 Å². The second kappa shape index (κ2) is 7.49. The summed E-state index contributed by atoms with van der Waals surface area (Å²) in [7, 11) is 0. The zero-order valence-electron chi connectivity index (χ0n) is 18.7. The summed E-state index contributed by atoms with van der Waals surface area (Å²) in [4.78, 5) is 17.1. The number of hydrogen-bond donors (Lipinski definition) is 1. The molecule has 0 atom stereocenters. The molecule has 0 saturated carbocycles. The molecule has 0 spiro atoms. The van der Waals surface area contributed by atoms with Gasteiger partial charge >= 0.3 is 0 Å². The lowest BCUT2D eigenvalue weighted by atomic mass is 10.1. The number of aromatic amines is 1. The van der Waals surface area contributed by atoms with Gasteiger partial charge in [-0.15, -0.1) is 0 Å². The maximum atomic E-state index is 4.94. The predicted octanol–water partition coefficient (Wildman–Crippen LogP) is 4.62. The van der Waals surface area contributed by atoms with Crippen LogP contribution in [0, 0.1) is 6.92 Å². The van der Waals surface area contributed by atoms with Crippen molar-refractivity contribution in [3.8, 4) is 34.0 Å². The standard InChI is InChI=1S/C26H19N9/c1-17-24(25(33-16-28-15-29-33)35(32-17)19-7-3-2-4-8-19)23-13-21(18-11-12-27-14-18)31-26-30-20-9-5-6-10-22(20)34(23)26/h2-16,27H,1H3. The maximum absolute atomic E-state index is 4.94. The fourth-order valence-electron chi connectivity index (χ4n) is 4.57. The van der Waals surface area contributed by atoms with Gasteiger partial charge in [0.2, 0.25) is 5.78 Å². The highest BCUT2D eigenvalue weighted by Crippen LogP contribution is 2.35. The average Bonchev–Trinajstić information content (AvgIpc) is 3.69. The van der Waals surface area contributed by atoms with Gasteiger partial charge in [-0.3, -0.25) is 4.40 Å². The van der Waals surface area contributed by atoms with E-state index >= 15 is 0 Å². The van der Waals surface area contributed by atoms with E-state index in [2.05, 4.69) is 31.6 Å². The average molecular weight is 458 g/mol. The summed E-state index contributed by atoms with van der Waals surface area (Å²) in [6, 6.07) is 22.2. The normalized spacial score (nSPS) is 11.6. The van der Waals surface area contributed by atoms with Crippen molar-refractivity contribution < 1.29 is 0 Å². The highest BCUT2D eigenvalue weighted by atomic mass is 15.4. The molecule has 0 amide bonds. The van der Waals surface area contributed by atoms with Crippen LogP contribution >= 0.6 is 0 Å². The fourth-order valence-corrected chi connectivity index (χ4v) is 4.57. The molecule has 0 aliphatic carbocycles. The molecule has 35 heavy (non-hydrogen) atoms. The number of imidazole rings is 1. The van der Waals surface area contributed by atoms with Crippen LogP contribution < -0.4 is 0 Å². The van der Waals surface area contributed by atoms with E-state index in [0.717, 1.165) is 50.7 Å². The Morgan fingerprint density at radius 1 is 0.914 bits per heavy atom. The van der Waals surface area contributed by atoms with Gasteiger partial charge in [0.25, 0.3) is 0 Å². The molecule has 2 aromatic carbocycles. The van der Waals surface area contributed by atoms with Crippen molar-refractivity contribution in [1.82, 2.24) is 43.9 Å². The van der Waals surface area contributed by atoms with Crippen LogP contribution in [-0.4, -0.2) is 43.9 Å². The maximum Gasteiger partial charge on any atom is 0.235 e. The van der Waals surface area contributed by atoms with E-state index in [-0.39, 0.29) is 0 Å². The Morgan fingerprint density at radius 3 is 2.57 bits per heavy atom. The molecule has 0 bridgehead atoms. The number of hydrogen-bond acceptors (Lipinski definition) is 5. The molecule has 5 heterocycles. The van der Waals surface area contributed by atoms with Crippen molar-refractivity contribution in [3.63, 3.8) is 0 Å². The Kier molecular flexibility index (Phi) is 4.16. The Labute approximate surface area is 199 Å². The molecule has 0 saturated heterocycles. The first-order valence-corrected chi connectivity index (χ1v) is 11.2. The predicted molar refractivity (Wildman–Crippen MR) is 132 cm³/mol. The van der Waals surface area contributed by atoms with Gasteiger partial charge in [0.05, 0.1) is 39.4 Å². The Hall–Kier alpha value is -5.05. The van der Waals surface area contributed by atoms with Gasteiger partial charge in [-0.05, 0) is 43.3 Å². The summed E-state index contributed by atoms with van der Waals surface area (Å²) >= 11 is 0. The summed E-state index contributed by atoms with van der Waals surface area (Å²) in [6.07, 6.45) is 7.05. The first kappa shape index (κ1) is 19.4. The summed E-state index contributed by atoms with van der Waals surface area (Å²) in [6.45, 7) is 2.01. The molecule has 0 fully saturated rings. The number of para-hydroxylation sites is 3. The SMILES string of the molecule is Cc1nn(-c2ccccc2)c(-n2cncn2)c1-c1cc(-c2cc[nH]c2)nc2nc3ccccc3n12. The van der Waals surface area contributed by atoms with E-state index in [1.807, 2.05) is 78.6 Å². The largest absolute Gasteiger partial charge is 0.367 e. The third-order valence-electron chi connectivity index (χ3n) is 6.10. The van der Waals surface area contributed by atoms with E-state index in [9.17, 15) is 0 Å². The molecular formula is C26H19N9. The number of fused-ring (bicyclic) bond motifs is 3. The minimum atomic E-state index is 0.622. The molecule has 7 aromatic rings. The van der Waals surface area contributed by atoms with Crippen molar-refractivity contribution in [2.45, 2.75) is 6.92 Å². The molecule has 0 radical (unpaired) electrons. The van der Waals surface area contributed by atoms with Gasteiger partial charge < -0.3 is 4.98 Å². The first-order valence-electron chi connectivity index (χ1n) is 11.2. The minimum absolute atomic E-state index is 0.622. The second-order valence-electron chi connectivity index (χ2n) is 8.23. The highest BCUT2D eigenvalue weighted by molar-refractivity contribution is 5.86. The van der Waals surface area contributed by atoms with E-state index < -0.39 is 0 Å². The van der Waals surface area contributed by atoms with Crippen LogP contribution in [0.4, 0.5) is 0 Å². The van der Waals surface area contributed by atoms with Gasteiger partial charge in [-0.2, -0.15) is 10.2 Å².